The molecule has 0 N–H and O–H groups in total. The molecule has 12 heavy (non-hydrogen) atoms. The summed E-state index contributed by atoms with van der Waals surface area (Å²) in [5, 5.41) is 0. The second kappa shape index (κ2) is 3.72. The maximum absolute atomic E-state index is 5.34. The largest absolute Gasteiger partial charge is 0.381 e. The van der Waals surface area contributed by atoms with E-state index in [1.807, 2.05) is 12.2 Å². The Hall–Kier alpha value is -0.820. The van der Waals surface area contributed by atoms with Gasteiger partial charge in [-0.2, -0.15) is 0 Å². The first-order valence-electron chi connectivity index (χ1n) is 4.25. The molecule has 1 saturated heterocycles. The molecule has 1 heterocycles. The van der Waals surface area contributed by atoms with Crippen LogP contribution in [-0.4, -0.2) is 13.2 Å². The first-order chi connectivity index (χ1) is 5.69. The summed E-state index contributed by atoms with van der Waals surface area (Å²) in [6.45, 7) is 11.5. The minimum atomic E-state index is 0.152. The summed E-state index contributed by atoms with van der Waals surface area (Å²) < 4.78 is 5.34. The molecule has 1 aliphatic heterocycles. The van der Waals surface area contributed by atoms with Gasteiger partial charge in [-0.05, 0) is 12.0 Å². The molecule has 0 radical (unpaired) electrons. The second-order valence-electron chi connectivity index (χ2n) is 3.48. The number of hydrogen-bond donors (Lipinski definition) is 0. The lowest BCUT2D eigenvalue weighted by Gasteiger charge is -2.21. The zero-order chi connectivity index (χ0) is 9.03. The van der Waals surface area contributed by atoms with Crippen molar-refractivity contribution in [2.24, 2.45) is 5.41 Å². The van der Waals surface area contributed by atoms with E-state index in [1.54, 1.807) is 6.08 Å². The second-order valence-corrected chi connectivity index (χ2v) is 3.48. The van der Waals surface area contributed by atoms with Crippen molar-refractivity contribution in [1.82, 2.24) is 0 Å². The van der Waals surface area contributed by atoms with Gasteiger partial charge < -0.3 is 4.74 Å². The van der Waals surface area contributed by atoms with Crippen molar-refractivity contribution in [3.63, 3.8) is 0 Å². The molecule has 1 fully saturated rings. The maximum atomic E-state index is 5.34. The van der Waals surface area contributed by atoms with Gasteiger partial charge in [0, 0.05) is 12.0 Å². The van der Waals surface area contributed by atoms with Crippen LogP contribution in [0.15, 0.2) is 37.0 Å². The molecule has 1 heteroatoms. The van der Waals surface area contributed by atoms with Gasteiger partial charge in [-0.1, -0.05) is 38.3 Å². The summed E-state index contributed by atoms with van der Waals surface area (Å²) in [7, 11) is 0. The van der Waals surface area contributed by atoms with Crippen LogP contribution >= 0.6 is 0 Å². The van der Waals surface area contributed by atoms with Gasteiger partial charge in [-0.15, -0.1) is 0 Å². The Morgan fingerprint density at radius 2 is 2.33 bits per heavy atom. The van der Waals surface area contributed by atoms with E-state index in [9.17, 15) is 0 Å². The van der Waals surface area contributed by atoms with Crippen LogP contribution in [0.4, 0.5) is 0 Å². The maximum Gasteiger partial charge on any atom is 0.0560 e. The third-order valence-electron chi connectivity index (χ3n) is 2.43. The van der Waals surface area contributed by atoms with Gasteiger partial charge in [0.25, 0.3) is 0 Å². The van der Waals surface area contributed by atoms with Crippen molar-refractivity contribution in [3.05, 3.63) is 37.0 Å². The summed E-state index contributed by atoms with van der Waals surface area (Å²) in [5.74, 6) is 0. The summed E-state index contributed by atoms with van der Waals surface area (Å²) >= 11 is 0. The van der Waals surface area contributed by atoms with E-state index >= 15 is 0 Å². The Bertz CT molecular complexity index is 207. The van der Waals surface area contributed by atoms with Gasteiger partial charge in [0.2, 0.25) is 0 Å². The fourth-order valence-electron chi connectivity index (χ4n) is 1.31. The van der Waals surface area contributed by atoms with E-state index in [-0.39, 0.29) is 5.41 Å². The van der Waals surface area contributed by atoms with E-state index in [4.69, 9.17) is 4.74 Å². The van der Waals surface area contributed by atoms with Crippen LogP contribution < -0.4 is 0 Å². The Balaban J connectivity index is 2.61. The lowest BCUT2D eigenvalue weighted by Crippen LogP contribution is -2.17. The monoisotopic (exact) mass is 164 g/mol. The van der Waals surface area contributed by atoms with E-state index in [0.717, 1.165) is 25.2 Å². The number of allylic oxidation sites excluding steroid dienone is 3. The molecular weight excluding hydrogens is 148 g/mol. The predicted octanol–water partition coefficient (Wildman–Crippen LogP) is 2.71. The summed E-state index contributed by atoms with van der Waals surface area (Å²) in [5.41, 5.74) is 1.29. The SMILES string of the molecule is C=C/C=C\C(=C)C1(C)CCOC1. The summed E-state index contributed by atoms with van der Waals surface area (Å²) in [6, 6.07) is 0. The standard InChI is InChI=1S/C11H16O/c1-4-5-6-10(2)11(3)7-8-12-9-11/h4-6H,1-2,7-9H2,3H3/b6-5-. The molecule has 1 rings (SSSR count). The minimum Gasteiger partial charge on any atom is -0.381 e. The first kappa shape index (κ1) is 9.27. The number of ether oxygens (including phenoxy) is 1. The Labute approximate surface area is 74.4 Å². The molecule has 0 amide bonds. The van der Waals surface area contributed by atoms with Gasteiger partial charge in [0.05, 0.1) is 6.61 Å². The predicted molar refractivity (Wildman–Crippen MR) is 52.0 cm³/mol. The third-order valence-corrected chi connectivity index (χ3v) is 2.43. The summed E-state index contributed by atoms with van der Waals surface area (Å²) in [4.78, 5) is 0. The van der Waals surface area contributed by atoms with Crippen molar-refractivity contribution in [2.45, 2.75) is 13.3 Å². The topological polar surface area (TPSA) is 9.23 Å². The highest BCUT2D eigenvalue weighted by molar-refractivity contribution is 5.26. The van der Waals surface area contributed by atoms with Crippen LogP contribution in [0.5, 0.6) is 0 Å². The highest BCUT2D eigenvalue weighted by Gasteiger charge is 2.30. The molecule has 1 atom stereocenters. The van der Waals surface area contributed by atoms with Crippen molar-refractivity contribution < 1.29 is 4.74 Å². The normalized spacial score (nSPS) is 29.4. The molecular formula is C11H16O. The summed E-state index contributed by atoms with van der Waals surface area (Å²) in [6.07, 6.45) is 6.78. The Kier molecular flexibility index (Phi) is 2.88. The van der Waals surface area contributed by atoms with Crippen LogP contribution in [-0.2, 0) is 4.74 Å². The van der Waals surface area contributed by atoms with Crippen molar-refractivity contribution >= 4 is 0 Å². The molecule has 0 aromatic rings. The zero-order valence-corrected chi connectivity index (χ0v) is 7.68. The fourth-order valence-corrected chi connectivity index (χ4v) is 1.31. The highest BCUT2D eigenvalue weighted by Crippen LogP contribution is 2.35. The Morgan fingerprint density at radius 3 is 2.83 bits per heavy atom. The molecule has 1 unspecified atom stereocenters. The van der Waals surface area contributed by atoms with Crippen LogP contribution in [0.25, 0.3) is 0 Å². The average Bonchev–Trinajstić information content (AvgIpc) is 2.49. The quantitative estimate of drug-likeness (QED) is 0.583. The van der Waals surface area contributed by atoms with E-state index in [0.29, 0.717) is 0 Å². The van der Waals surface area contributed by atoms with Gasteiger partial charge in [0.15, 0.2) is 0 Å². The van der Waals surface area contributed by atoms with Crippen molar-refractivity contribution in [2.75, 3.05) is 13.2 Å². The molecule has 66 valence electrons. The molecule has 0 aromatic heterocycles. The van der Waals surface area contributed by atoms with E-state index in [2.05, 4.69) is 20.1 Å². The first-order valence-corrected chi connectivity index (χ1v) is 4.25. The Morgan fingerprint density at radius 1 is 1.58 bits per heavy atom. The molecule has 0 spiro atoms. The van der Waals surface area contributed by atoms with E-state index < -0.39 is 0 Å². The molecule has 0 aliphatic carbocycles. The average molecular weight is 164 g/mol. The van der Waals surface area contributed by atoms with Crippen molar-refractivity contribution in [1.29, 1.82) is 0 Å². The number of rotatable bonds is 3. The molecule has 1 aliphatic rings. The van der Waals surface area contributed by atoms with E-state index in [1.165, 1.54) is 0 Å². The van der Waals surface area contributed by atoms with Crippen LogP contribution in [0, 0.1) is 5.41 Å². The molecule has 0 saturated carbocycles. The lowest BCUT2D eigenvalue weighted by molar-refractivity contribution is 0.173. The molecule has 0 aromatic carbocycles. The zero-order valence-electron chi connectivity index (χ0n) is 7.68. The highest BCUT2D eigenvalue weighted by atomic mass is 16.5. The van der Waals surface area contributed by atoms with Crippen LogP contribution in [0.1, 0.15) is 13.3 Å². The molecule has 0 bridgehead atoms. The van der Waals surface area contributed by atoms with Gasteiger partial charge in [-0.3, -0.25) is 0 Å². The smallest absolute Gasteiger partial charge is 0.0560 e. The van der Waals surface area contributed by atoms with Gasteiger partial charge in [0.1, 0.15) is 0 Å². The van der Waals surface area contributed by atoms with Gasteiger partial charge >= 0.3 is 0 Å². The third kappa shape index (κ3) is 1.86. The van der Waals surface area contributed by atoms with Gasteiger partial charge in [-0.25, -0.2) is 0 Å². The van der Waals surface area contributed by atoms with Crippen LogP contribution in [0.3, 0.4) is 0 Å². The fraction of sp³-hybridized carbons (Fsp3) is 0.455. The van der Waals surface area contributed by atoms with Crippen LogP contribution in [0.2, 0.25) is 0 Å². The number of hydrogen-bond acceptors (Lipinski definition) is 1. The minimum absolute atomic E-state index is 0.152. The van der Waals surface area contributed by atoms with Crippen molar-refractivity contribution in [3.8, 4) is 0 Å². The molecule has 1 nitrogen and oxygen atoms in total. The lowest BCUT2D eigenvalue weighted by atomic mass is 9.82.